The molecule has 1 nitrogen and oxygen atoms in total. The molecule has 0 heterocycles. The van der Waals surface area contributed by atoms with Gasteiger partial charge in [-0.15, -0.1) is 0 Å². The van der Waals surface area contributed by atoms with Crippen LogP contribution in [0.4, 0.5) is 0 Å². The summed E-state index contributed by atoms with van der Waals surface area (Å²) < 4.78 is 6.23. The first-order valence-electron chi connectivity index (χ1n) is 3.46. The molecule has 0 atom stereocenters. The highest BCUT2D eigenvalue weighted by molar-refractivity contribution is 9.10. The Bertz CT molecular complexity index is 269. The van der Waals surface area contributed by atoms with Crippen LogP contribution in [0.5, 0.6) is 5.75 Å². The number of halogens is 1. The first-order valence-corrected chi connectivity index (χ1v) is 4.26. The number of ether oxygens (including phenoxy) is 1. The van der Waals surface area contributed by atoms with Crippen LogP contribution in [0, 0.1) is 13.8 Å². The van der Waals surface area contributed by atoms with Gasteiger partial charge in [0.15, 0.2) is 0 Å². The van der Waals surface area contributed by atoms with Crippen LogP contribution in [0.15, 0.2) is 16.6 Å². The fourth-order valence-electron chi connectivity index (χ4n) is 1.01. The van der Waals surface area contributed by atoms with E-state index >= 15 is 0 Å². The van der Waals surface area contributed by atoms with Crippen molar-refractivity contribution in [1.29, 1.82) is 0 Å². The van der Waals surface area contributed by atoms with E-state index in [4.69, 9.17) is 4.74 Å². The lowest BCUT2D eigenvalue weighted by molar-refractivity contribution is 0.408. The predicted octanol–water partition coefficient (Wildman–Crippen LogP) is 3.07. The fourth-order valence-corrected chi connectivity index (χ4v) is 1.60. The third kappa shape index (κ3) is 1.56. The number of hydrogen-bond donors (Lipinski definition) is 0. The van der Waals surface area contributed by atoms with Crippen LogP contribution in [-0.2, 0) is 0 Å². The first kappa shape index (κ1) is 8.60. The van der Waals surface area contributed by atoms with Gasteiger partial charge in [-0.05, 0) is 47.0 Å². The van der Waals surface area contributed by atoms with Gasteiger partial charge < -0.3 is 4.74 Å². The zero-order valence-electron chi connectivity index (χ0n) is 6.94. The van der Waals surface area contributed by atoms with Crippen molar-refractivity contribution in [2.45, 2.75) is 13.8 Å². The van der Waals surface area contributed by atoms with Crippen molar-refractivity contribution in [2.24, 2.45) is 0 Å². The molecule has 0 aliphatic rings. The van der Waals surface area contributed by atoms with E-state index in [0.717, 1.165) is 10.2 Å². The summed E-state index contributed by atoms with van der Waals surface area (Å²) in [6.07, 6.45) is 0. The quantitative estimate of drug-likeness (QED) is 0.699. The van der Waals surface area contributed by atoms with Crippen LogP contribution in [-0.4, -0.2) is 7.11 Å². The summed E-state index contributed by atoms with van der Waals surface area (Å²) >= 11 is 3.42. The van der Waals surface area contributed by atoms with E-state index in [2.05, 4.69) is 35.8 Å². The average Bonchev–Trinajstić information content (AvgIpc) is 1.99. The van der Waals surface area contributed by atoms with Crippen molar-refractivity contribution in [3.05, 3.63) is 27.7 Å². The molecule has 1 rings (SSSR count). The van der Waals surface area contributed by atoms with Gasteiger partial charge in [0, 0.05) is 0 Å². The van der Waals surface area contributed by atoms with Crippen LogP contribution in [0.25, 0.3) is 0 Å². The number of benzene rings is 1. The molecule has 2 heteroatoms. The lowest BCUT2D eigenvalue weighted by atomic mass is 10.1. The molecule has 0 aromatic heterocycles. The Kier molecular flexibility index (Phi) is 2.55. The summed E-state index contributed by atoms with van der Waals surface area (Å²) in [6.45, 7) is 4.13. The lowest BCUT2D eigenvalue weighted by Gasteiger charge is -2.08. The van der Waals surface area contributed by atoms with Gasteiger partial charge in [-0.25, -0.2) is 0 Å². The van der Waals surface area contributed by atoms with Gasteiger partial charge in [-0.3, -0.25) is 0 Å². The minimum absolute atomic E-state index is 0.935. The van der Waals surface area contributed by atoms with Crippen molar-refractivity contribution in [1.82, 2.24) is 0 Å². The van der Waals surface area contributed by atoms with Crippen LogP contribution >= 0.6 is 15.9 Å². The first-order chi connectivity index (χ1) is 5.16. The summed E-state index contributed by atoms with van der Waals surface area (Å²) in [5, 5.41) is 0. The molecule has 0 amide bonds. The van der Waals surface area contributed by atoms with Crippen molar-refractivity contribution >= 4 is 15.9 Å². The van der Waals surface area contributed by atoms with Crippen LogP contribution in [0.3, 0.4) is 0 Å². The van der Waals surface area contributed by atoms with Crippen LogP contribution in [0.2, 0.25) is 0 Å². The van der Waals surface area contributed by atoms with Gasteiger partial charge in [-0.2, -0.15) is 0 Å². The molecule has 1 aromatic rings. The normalized spacial score (nSPS) is 9.82. The summed E-state index contributed by atoms with van der Waals surface area (Å²) in [6, 6.07) is 4.07. The van der Waals surface area contributed by atoms with E-state index in [1.54, 1.807) is 7.11 Å². The molecule has 0 unspecified atom stereocenters. The molecule has 0 bridgehead atoms. The molecular weight excluding hydrogens is 204 g/mol. The van der Waals surface area contributed by atoms with Crippen molar-refractivity contribution in [3.63, 3.8) is 0 Å². The topological polar surface area (TPSA) is 9.23 Å². The summed E-state index contributed by atoms with van der Waals surface area (Å²) in [7, 11) is 1.69. The molecule has 0 saturated heterocycles. The smallest absolute Gasteiger partial charge is 0.136 e. The van der Waals surface area contributed by atoms with E-state index in [9.17, 15) is 0 Å². The monoisotopic (exact) mass is 214 g/mol. The van der Waals surface area contributed by atoms with Gasteiger partial charge in [0.05, 0.1) is 11.6 Å². The SMILES string of the molecule is COc1c(Br)ccc(C)c1C. The zero-order chi connectivity index (χ0) is 8.43. The van der Waals surface area contributed by atoms with Gasteiger partial charge in [0.2, 0.25) is 0 Å². The molecular formula is C9H11BrO. The summed E-state index contributed by atoms with van der Waals surface area (Å²) in [4.78, 5) is 0. The van der Waals surface area contributed by atoms with E-state index in [-0.39, 0.29) is 0 Å². The number of rotatable bonds is 1. The largest absolute Gasteiger partial charge is 0.495 e. The van der Waals surface area contributed by atoms with Gasteiger partial charge in [0.1, 0.15) is 5.75 Å². The molecule has 0 aliphatic carbocycles. The van der Waals surface area contributed by atoms with Gasteiger partial charge >= 0.3 is 0 Å². The number of methoxy groups -OCH3 is 1. The fraction of sp³-hybridized carbons (Fsp3) is 0.333. The highest BCUT2D eigenvalue weighted by Gasteiger charge is 2.04. The van der Waals surface area contributed by atoms with Gasteiger partial charge in [0.25, 0.3) is 0 Å². The third-order valence-electron chi connectivity index (χ3n) is 1.83. The predicted molar refractivity (Wildman–Crippen MR) is 50.2 cm³/mol. The van der Waals surface area contributed by atoms with E-state index in [0.29, 0.717) is 0 Å². The highest BCUT2D eigenvalue weighted by Crippen LogP contribution is 2.30. The lowest BCUT2D eigenvalue weighted by Crippen LogP contribution is -1.90. The van der Waals surface area contributed by atoms with Crippen LogP contribution in [0.1, 0.15) is 11.1 Å². The Labute approximate surface area is 75.5 Å². The molecule has 1 aromatic carbocycles. The molecule has 0 saturated carbocycles. The van der Waals surface area contributed by atoms with Crippen molar-refractivity contribution in [3.8, 4) is 5.75 Å². The Balaban J connectivity index is 3.29. The van der Waals surface area contributed by atoms with E-state index < -0.39 is 0 Å². The highest BCUT2D eigenvalue weighted by atomic mass is 79.9. The standard InChI is InChI=1S/C9H11BrO/c1-6-4-5-8(10)9(11-3)7(6)2/h4-5H,1-3H3. The molecule has 11 heavy (non-hydrogen) atoms. The molecule has 0 spiro atoms. The maximum Gasteiger partial charge on any atom is 0.136 e. The Morgan fingerprint density at radius 3 is 2.36 bits per heavy atom. The number of hydrogen-bond acceptors (Lipinski definition) is 1. The molecule has 0 fully saturated rings. The van der Waals surface area contributed by atoms with Crippen molar-refractivity contribution < 1.29 is 4.74 Å². The van der Waals surface area contributed by atoms with Crippen LogP contribution < -0.4 is 4.74 Å². The average molecular weight is 215 g/mol. The molecule has 60 valence electrons. The minimum Gasteiger partial charge on any atom is -0.495 e. The van der Waals surface area contributed by atoms with Gasteiger partial charge in [-0.1, -0.05) is 6.07 Å². The second-order valence-corrected chi connectivity index (χ2v) is 3.38. The second-order valence-electron chi connectivity index (χ2n) is 2.52. The summed E-state index contributed by atoms with van der Waals surface area (Å²) in [5.74, 6) is 0.935. The minimum atomic E-state index is 0.935. The van der Waals surface area contributed by atoms with Crippen molar-refractivity contribution in [2.75, 3.05) is 7.11 Å². The molecule has 0 radical (unpaired) electrons. The molecule has 0 aliphatic heterocycles. The maximum absolute atomic E-state index is 5.21. The Morgan fingerprint density at radius 2 is 1.91 bits per heavy atom. The Morgan fingerprint density at radius 1 is 1.27 bits per heavy atom. The maximum atomic E-state index is 5.21. The third-order valence-corrected chi connectivity index (χ3v) is 2.46. The number of aryl methyl sites for hydroxylation is 1. The summed E-state index contributed by atoms with van der Waals surface area (Å²) in [5.41, 5.74) is 2.45. The zero-order valence-corrected chi connectivity index (χ0v) is 8.53. The Hall–Kier alpha value is -0.500. The van der Waals surface area contributed by atoms with E-state index in [1.807, 2.05) is 6.07 Å². The second kappa shape index (κ2) is 3.26. The van der Waals surface area contributed by atoms with E-state index in [1.165, 1.54) is 11.1 Å². The molecule has 0 N–H and O–H groups in total.